The standard InChI is InChI=1S/C11H14N2O/c1-8-3-5-10(6-4-8)13-7-9(2)11(14)12-13/h3-6,9H,7H2,1-2H3,(H,12,14). The molecule has 74 valence electrons. The zero-order chi connectivity index (χ0) is 10.1. The molecule has 1 atom stereocenters. The molecule has 1 aliphatic heterocycles. The second kappa shape index (κ2) is 3.33. The highest BCUT2D eigenvalue weighted by atomic mass is 16.2. The number of hydrogen-bond donors (Lipinski definition) is 1. The van der Waals surface area contributed by atoms with Crippen molar-refractivity contribution >= 4 is 11.6 Å². The normalized spacial score (nSPS) is 21.1. The Morgan fingerprint density at radius 1 is 1.36 bits per heavy atom. The molecular formula is C11H14N2O. The predicted molar refractivity (Wildman–Crippen MR) is 55.8 cm³/mol. The molecule has 0 spiro atoms. The largest absolute Gasteiger partial charge is 0.285 e. The highest BCUT2D eigenvalue weighted by Crippen LogP contribution is 2.18. The van der Waals surface area contributed by atoms with Crippen LogP contribution in [0, 0.1) is 12.8 Å². The van der Waals surface area contributed by atoms with Crippen molar-refractivity contribution in [3.05, 3.63) is 29.8 Å². The van der Waals surface area contributed by atoms with Crippen molar-refractivity contribution in [2.24, 2.45) is 5.92 Å². The molecule has 3 nitrogen and oxygen atoms in total. The van der Waals surface area contributed by atoms with E-state index >= 15 is 0 Å². The van der Waals surface area contributed by atoms with E-state index in [9.17, 15) is 4.79 Å². The number of nitrogens with one attached hydrogen (secondary N) is 1. The molecule has 1 amide bonds. The third-order valence-corrected chi connectivity index (χ3v) is 2.49. The predicted octanol–water partition coefficient (Wildman–Crippen LogP) is 1.48. The molecule has 1 heterocycles. The van der Waals surface area contributed by atoms with Crippen molar-refractivity contribution < 1.29 is 4.79 Å². The van der Waals surface area contributed by atoms with E-state index in [0.717, 1.165) is 12.2 Å². The minimum atomic E-state index is 0.0799. The van der Waals surface area contributed by atoms with Crippen LogP contribution in [0.5, 0.6) is 0 Å². The lowest BCUT2D eigenvalue weighted by Gasteiger charge is -2.17. The van der Waals surface area contributed by atoms with Crippen LogP contribution in [0.25, 0.3) is 0 Å². The van der Waals surface area contributed by atoms with E-state index in [-0.39, 0.29) is 11.8 Å². The molecule has 0 saturated carbocycles. The van der Waals surface area contributed by atoms with Gasteiger partial charge in [0.05, 0.1) is 18.2 Å². The first-order valence-electron chi connectivity index (χ1n) is 4.81. The average molecular weight is 190 g/mol. The fourth-order valence-corrected chi connectivity index (χ4v) is 1.54. The summed E-state index contributed by atoms with van der Waals surface area (Å²) in [6.07, 6.45) is 0. The smallest absolute Gasteiger partial charge is 0.243 e. The Labute approximate surface area is 83.7 Å². The fourth-order valence-electron chi connectivity index (χ4n) is 1.54. The lowest BCUT2D eigenvalue weighted by atomic mass is 10.2. The fraction of sp³-hybridized carbons (Fsp3) is 0.364. The van der Waals surface area contributed by atoms with Crippen LogP contribution in [0.4, 0.5) is 5.69 Å². The van der Waals surface area contributed by atoms with Crippen molar-refractivity contribution in [2.75, 3.05) is 11.6 Å². The summed E-state index contributed by atoms with van der Waals surface area (Å²) in [6.45, 7) is 4.74. The van der Waals surface area contributed by atoms with E-state index < -0.39 is 0 Å². The van der Waals surface area contributed by atoms with Gasteiger partial charge >= 0.3 is 0 Å². The molecule has 1 aromatic carbocycles. The van der Waals surface area contributed by atoms with Gasteiger partial charge in [0, 0.05) is 0 Å². The molecular weight excluding hydrogens is 176 g/mol. The van der Waals surface area contributed by atoms with Crippen LogP contribution >= 0.6 is 0 Å². The molecule has 0 radical (unpaired) electrons. The zero-order valence-corrected chi connectivity index (χ0v) is 8.45. The topological polar surface area (TPSA) is 32.3 Å². The van der Waals surface area contributed by atoms with Gasteiger partial charge in [0.25, 0.3) is 0 Å². The van der Waals surface area contributed by atoms with Crippen LogP contribution in [-0.2, 0) is 4.79 Å². The Hall–Kier alpha value is -1.51. The second-order valence-electron chi connectivity index (χ2n) is 3.82. The molecule has 0 aromatic heterocycles. The summed E-state index contributed by atoms with van der Waals surface area (Å²) >= 11 is 0. The SMILES string of the molecule is Cc1ccc(N2CC(C)C(=O)N2)cc1. The van der Waals surface area contributed by atoms with Crippen molar-refractivity contribution in [1.82, 2.24) is 5.43 Å². The van der Waals surface area contributed by atoms with E-state index in [1.165, 1.54) is 5.56 Å². The van der Waals surface area contributed by atoms with Crippen molar-refractivity contribution in [1.29, 1.82) is 0 Å². The molecule has 14 heavy (non-hydrogen) atoms. The minimum absolute atomic E-state index is 0.0799. The number of hydrogen-bond acceptors (Lipinski definition) is 2. The molecule has 1 aliphatic rings. The lowest BCUT2D eigenvalue weighted by Crippen LogP contribution is -2.32. The van der Waals surface area contributed by atoms with E-state index in [1.807, 2.05) is 36.2 Å². The first kappa shape index (κ1) is 9.06. The van der Waals surface area contributed by atoms with Gasteiger partial charge in [-0.25, -0.2) is 0 Å². The van der Waals surface area contributed by atoms with E-state index in [0.29, 0.717) is 0 Å². The van der Waals surface area contributed by atoms with Crippen LogP contribution in [0.15, 0.2) is 24.3 Å². The molecule has 2 rings (SSSR count). The van der Waals surface area contributed by atoms with Gasteiger partial charge < -0.3 is 0 Å². The molecule has 0 aliphatic carbocycles. The summed E-state index contributed by atoms with van der Waals surface area (Å²) in [7, 11) is 0. The van der Waals surface area contributed by atoms with Gasteiger partial charge in [-0.05, 0) is 19.1 Å². The van der Waals surface area contributed by atoms with Gasteiger partial charge in [0.2, 0.25) is 5.91 Å². The number of nitrogens with zero attached hydrogens (tertiary/aromatic N) is 1. The Morgan fingerprint density at radius 2 is 2.00 bits per heavy atom. The Balaban J connectivity index is 2.17. The number of rotatable bonds is 1. The van der Waals surface area contributed by atoms with Gasteiger partial charge in [-0.2, -0.15) is 0 Å². The molecule has 1 unspecified atom stereocenters. The Kier molecular flexibility index (Phi) is 2.15. The highest BCUT2D eigenvalue weighted by molar-refractivity contribution is 5.83. The quantitative estimate of drug-likeness (QED) is 0.727. The summed E-state index contributed by atoms with van der Waals surface area (Å²) in [6, 6.07) is 8.14. The summed E-state index contributed by atoms with van der Waals surface area (Å²) in [5.74, 6) is 0.182. The lowest BCUT2D eigenvalue weighted by molar-refractivity contribution is -0.121. The number of hydrazine groups is 1. The monoisotopic (exact) mass is 190 g/mol. The highest BCUT2D eigenvalue weighted by Gasteiger charge is 2.26. The van der Waals surface area contributed by atoms with Crippen molar-refractivity contribution in [2.45, 2.75) is 13.8 Å². The zero-order valence-electron chi connectivity index (χ0n) is 8.45. The van der Waals surface area contributed by atoms with Crippen molar-refractivity contribution in [3.63, 3.8) is 0 Å². The summed E-state index contributed by atoms with van der Waals surface area (Å²) in [4.78, 5) is 11.3. The maximum Gasteiger partial charge on any atom is 0.243 e. The molecule has 1 N–H and O–H groups in total. The number of amides is 1. The molecule has 1 aromatic rings. The second-order valence-corrected chi connectivity index (χ2v) is 3.82. The van der Waals surface area contributed by atoms with Gasteiger partial charge in [0.15, 0.2) is 0 Å². The molecule has 0 bridgehead atoms. The number of benzene rings is 1. The summed E-state index contributed by atoms with van der Waals surface area (Å²) < 4.78 is 0. The minimum Gasteiger partial charge on any atom is -0.285 e. The maximum atomic E-state index is 11.3. The van der Waals surface area contributed by atoms with E-state index in [1.54, 1.807) is 0 Å². The van der Waals surface area contributed by atoms with Crippen LogP contribution < -0.4 is 10.4 Å². The average Bonchev–Trinajstić information content (AvgIpc) is 2.48. The van der Waals surface area contributed by atoms with Gasteiger partial charge in [-0.1, -0.05) is 24.6 Å². The third-order valence-electron chi connectivity index (χ3n) is 2.49. The van der Waals surface area contributed by atoms with Crippen LogP contribution in [0.1, 0.15) is 12.5 Å². The molecule has 3 heteroatoms. The maximum absolute atomic E-state index is 11.3. The number of aryl methyl sites for hydroxylation is 1. The number of carbonyl (C=O) groups is 1. The van der Waals surface area contributed by atoms with Gasteiger partial charge in [-0.3, -0.25) is 15.2 Å². The summed E-state index contributed by atoms with van der Waals surface area (Å²) in [5.41, 5.74) is 5.11. The first-order valence-corrected chi connectivity index (χ1v) is 4.81. The van der Waals surface area contributed by atoms with E-state index in [4.69, 9.17) is 0 Å². The third kappa shape index (κ3) is 1.58. The molecule has 1 saturated heterocycles. The van der Waals surface area contributed by atoms with Crippen LogP contribution in [0.3, 0.4) is 0 Å². The Bertz CT molecular complexity index is 345. The van der Waals surface area contributed by atoms with Crippen LogP contribution in [0.2, 0.25) is 0 Å². The van der Waals surface area contributed by atoms with Crippen molar-refractivity contribution in [3.8, 4) is 0 Å². The number of anilines is 1. The number of carbonyl (C=O) groups excluding carboxylic acids is 1. The molecule has 1 fully saturated rings. The summed E-state index contributed by atoms with van der Waals surface area (Å²) in [5, 5.41) is 1.90. The Morgan fingerprint density at radius 3 is 2.50 bits per heavy atom. The van der Waals surface area contributed by atoms with Gasteiger partial charge in [0.1, 0.15) is 0 Å². The van der Waals surface area contributed by atoms with Gasteiger partial charge in [-0.15, -0.1) is 0 Å². The first-order chi connectivity index (χ1) is 6.66. The van der Waals surface area contributed by atoms with Crippen LogP contribution in [-0.4, -0.2) is 12.5 Å². The van der Waals surface area contributed by atoms with E-state index in [2.05, 4.69) is 12.3 Å².